The van der Waals surface area contributed by atoms with Gasteiger partial charge in [0, 0.05) is 5.69 Å². The van der Waals surface area contributed by atoms with Crippen molar-refractivity contribution in [3.8, 4) is 16.9 Å². The molecule has 0 saturated carbocycles. The lowest BCUT2D eigenvalue weighted by Crippen LogP contribution is -2.03. The van der Waals surface area contributed by atoms with Gasteiger partial charge in [-0.15, -0.1) is 0 Å². The largest absolute Gasteiger partial charge is 0.508 e. The van der Waals surface area contributed by atoms with Gasteiger partial charge in [-0.25, -0.2) is 4.79 Å². The van der Waals surface area contributed by atoms with Crippen LogP contribution >= 0.6 is 0 Å². The Bertz CT molecular complexity index is 903. The molecule has 0 heterocycles. The number of aromatic carboxylic acids is 1. The summed E-state index contributed by atoms with van der Waals surface area (Å²) in [7, 11) is 0. The fraction of sp³-hybridized carbons (Fsp3) is 0.0500. The summed E-state index contributed by atoms with van der Waals surface area (Å²) in [6.45, 7) is 1.96. The highest BCUT2D eigenvalue weighted by atomic mass is 16.4. The highest BCUT2D eigenvalue weighted by Crippen LogP contribution is 2.30. The number of phenolic OH excluding ortho intramolecular Hbond substituents is 1. The number of carbonyl (C=O) groups is 1. The Balaban J connectivity index is 2.07. The van der Waals surface area contributed by atoms with E-state index >= 15 is 0 Å². The van der Waals surface area contributed by atoms with Gasteiger partial charge in [0.05, 0.1) is 11.3 Å². The number of carboxylic acids is 1. The molecule has 0 aliphatic rings. The molecule has 4 heteroatoms. The third-order valence-corrected chi connectivity index (χ3v) is 3.84. The number of aromatic hydroxyl groups is 1. The van der Waals surface area contributed by atoms with Crippen LogP contribution in [0.2, 0.25) is 0 Å². The van der Waals surface area contributed by atoms with Gasteiger partial charge in [0.1, 0.15) is 5.75 Å². The lowest BCUT2D eigenvalue weighted by molar-refractivity contribution is 0.0698. The van der Waals surface area contributed by atoms with Gasteiger partial charge in [0.25, 0.3) is 0 Å². The molecule has 0 aliphatic carbocycles. The first-order valence-electron chi connectivity index (χ1n) is 7.54. The quantitative estimate of drug-likeness (QED) is 0.645. The predicted molar refractivity (Wildman–Crippen MR) is 95.0 cm³/mol. The van der Waals surface area contributed by atoms with Crippen molar-refractivity contribution in [3.05, 3.63) is 77.9 Å². The minimum atomic E-state index is -0.992. The van der Waals surface area contributed by atoms with Crippen LogP contribution in [0.15, 0.2) is 66.7 Å². The maximum Gasteiger partial charge on any atom is 0.337 e. The summed E-state index contributed by atoms with van der Waals surface area (Å²) in [5.74, 6) is -0.822. The minimum Gasteiger partial charge on any atom is -0.508 e. The van der Waals surface area contributed by atoms with Crippen LogP contribution in [-0.2, 0) is 0 Å². The molecule has 0 bridgehead atoms. The van der Waals surface area contributed by atoms with E-state index in [9.17, 15) is 15.0 Å². The standard InChI is InChI=1S/C20H17NO3/c1-13-5-2-3-8-18(13)21-19-12-15(9-10-17(19)20(23)24)14-6-4-7-16(22)11-14/h2-12,21-22H,1H3,(H,23,24). The second-order valence-corrected chi connectivity index (χ2v) is 5.56. The second kappa shape index (κ2) is 6.46. The number of nitrogens with one attached hydrogen (secondary N) is 1. The molecule has 0 unspecified atom stereocenters. The number of aryl methyl sites for hydroxylation is 1. The molecule has 3 aromatic rings. The maximum absolute atomic E-state index is 11.5. The van der Waals surface area contributed by atoms with Gasteiger partial charge >= 0.3 is 5.97 Å². The van der Waals surface area contributed by atoms with Gasteiger partial charge in [-0.2, -0.15) is 0 Å². The molecule has 0 aromatic heterocycles. The topological polar surface area (TPSA) is 69.6 Å². The zero-order valence-electron chi connectivity index (χ0n) is 13.2. The Kier molecular flexibility index (Phi) is 4.20. The van der Waals surface area contributed by atoms with E-state index in [1.807, 2.05) is 37.3 Å². The molecule has 4 nitrogen and oxygen atoms in total. The number of carboxylic acid groups (broad SMARTS) is 1. The van der Waals surface area contributed by atoms with Crippen molar-refractivity contribution in [3.63, 3.8) is 0 Å². The number of phenols is 1. The van der Waals surface area contributed by atoms with E-state index < -0.39 is 5.97 Å². The van der Waals surface area contributed by atoms with Crippen LogP contribution in [0.25, 0.3) is 11.1 Å². The zero-order valence-corrected chi connectivity index (χ0v) is 13.2. The number of hydrogen-bond donors (Lipinski definition) is 3. The molecule has 0 fully saturated rings. The SMILES string of the molecule is Cc1ccccc1Nc1cc(-c2cccc(O)c2)ccc1C(=O)O. The van der Waals surface area contributed by atoms with Gasteiger partial charge in [-0.05, 0) is 53.9 Å². The number of benzene rings is 3. The van der Waals surface area contributed by atoms with Crippen molar-refractivity contribution in [2.45, 2.75) is 6.92 Å². The molecule has 120 valence electrons. The highest BCUT2D eigenvalue weighted by Gasteiger charge is 2.12. The Morgan fingerprint density at radius 1 is 0.875 bits per heavy atom. The van der Waals surface area contributed by atoms with Crippen molar-refractivity contribution in [2.24, 2.45) is 0 Å². The van der Waals surface area contributed by atoms with Gasteiger partial charge in [-0.1, -0.05) is 36.4 Å². The third kappa shape index (κ3) is 3.22. The Morgan fingerprint density at radius 2 is 1.62 bits per heavy atom. The van der Waals surface area contributed by atoms with Crippen molar-refractivity contribution in [2.75, 3.05) is 5.32 Å². The van der Waals surface area contributed by atoms with E-state index in [-0.39, 0.29) is 11.3 Å². The average Bonchev–Trinajstić information content (AvgIpc) is 2.56. The van der Waals surface area contributed by atoms with Gasteiger partial charge < -0.3 is 15.5 Å². The molecule has 24 heavy (non-hydrogen) atoms. The molecule has 0 atom stereocenters. The van der Waals surface area contributed by atoms with E-state index in [1.54, 1.807) is 36.4 Å². The van der Waals surface area contributed by atoms with Crippen molar-refractivity contribution in [1.29, 1.82) is 0 Å². The molecular formula is C20H17NO3. The smallest absolute Gasteiger partial charge is 0.337 e. The van der Waals surface area contributed by atoms with E-state index in [0.717, 1.165) is 22.4 Å². The molecule has 0 saturated heterocycles. The van der Waals surface area contributed by atoms with Crippen LogP contribution in [0.1, 0.15) is 15.9 Å². The van der Waals surface area contributed by atoms with Crippen LogP contribution in [0.5, 0.6) is 5.75 Å². The van der Waals surface area contributed by atoms with E-state index in [2.05, 4.69) is 5.32 Å². The highest BCUT2D eigenvalue weighted by molar-refractivity contribution is 5.96. The number of rotatable bonds is 4. The number of para-hydroxylation sites is 1. The lowest BCUT2D eigenvalue weighted by Gasteiger charge is -2.14. The van der Waals surface area contributed by atoms with Gasteiger partial charge in [0.2, 0.25) is 0 Å². The fourth-order valence-electron chi connectivity index (χ4n) is 2.56. The van der Waals surface area contributed by atoms with Crippen LogP contribution in [0, 0.1) is 6.92 Å². The second-order valence-electron chi connectivity index (χ2n) is 5.56. The van der Waals surface area contributed by atoms with Crippen LogP contribution < -0.4 is 5.32 Å². The lowest BCUT2D eigenvalue weighted by atomic mass is 10.0. The molecular weight excluding hydrogens is 302 g/mol. The molecule has 3 N–H and O–H groups in total. The van der Waals surface area contributed by atoms with Gasteiger partial charge in [0.15, 0.2) is 0 Å². The fourth-order valence-corrected chi connectivity index (χ4v) is 2.56. The number of anilines is 2. The summed E-state index contributed by atoms with van der Waals surface area (Å²) in [6, 6.07) is 19.7. The normalized spacial score (nSPS) is 10.4. The molecule has 0 amide bonds. The predicted octanol–water partition coefficient (Wildman–Crippen LogP) is 4.81. The molecule has 0 radical (unpaired) electrons. The Hall–Kier alpha value is -3.27. The van der Waals surface area contributed by atoms with Crippen LogP contribution in [0.4, 0.5) is 11.4 Å². The first-order chi connectivity index (χ1) is 11.5. The molecule has 3 rings (SSSR count). The average molecular weight is 319 g/mol. The van der Waals surface area contributed by atoms with Crippen LogP contribution in [0.3, 0.4) is 0 Å². The van der Waals surface area contributed by atoms with Crippen molar-refractivity contribution in [1.82, 2.24) is 0 Å². The summed E-state index contributed by atoms with van der Waals surface area (Å²) in [6.07, 6.45) is 0. The first kappa shape index (κ1) is 15.6. The Labute approximate surface area is 140 Å². The van der Waals surface area contributed by atoms with E-state index in [4.69, 9.17) is 0 Å². The number of hydrogen-bond acceptors (Lipinski definition) is 3. The molecule has 0 aliphatic heterocycles. The summed E-state index contributed by atoms with van der Waals surface area (Å²) in [5, 5.41) is 22.3. The summed E-state index contributed by atoms with van der Waals surface area (Å²) in [4.78, 5) is 11.5. The summed E-state index contributed by atoms with van der Waals surface area (Å²) >= 11 is 0. The monoisotopic (exact) mass is 319 g/mol. The summed E-state index contributed by atoms with van der Waals surface area (Å²) in [5.41, 5.74) is 4.23. The van der Waals surface area contributed by atoms with E-state index in [0.29, 0.717) is 5.69 Å². The Morgan fingerprint density at radius 3 is 2.33 bits per heavy atom. The minimum absolute atomic E-state index is 0.170. The summed E-state index contributed by atoms with van der Waals surface area (Å²) < 4.78 is 0. The first-order valence-corrected chi connectivity index (χ1v) is 7.54. The maximum atomic E-state index is 11.5. The molecule has 3 aromatic carbocycles. The van der Waals surface area contributed by atoms with E-state index in [1.165, 1.54) is 0 Å². The third-order valence-electron chi connectivity index (χ3n) is 3.84. The van der Waals surface area contributed by atoms with Crippen molar-refractivity contribution < 1.29 is 15.0 Å². The van der Waals surface area contributed by atoms with Crippen molar-refractivity contribution >= 4 is 17.3 Å². The molecule has 0 spiro atoms. The van der Waals surface area contributed by atoms with Gasteiger partial charge in [-0.3, -0.25) is 0 Å². The van der Waals surface area contributed by atoms with Crippen LogP contribution in [-0.4, -0.2) is 16.2 Å². The zero-order chi connectivity index (χ0) is 17.1.